The van der Waals surface area contributed by atoms with Crippen molar-refractivity contribution < 1.29 is 58.0 Å². The topological polar surface area (TPSA) is 225 Å². The van der Waals surface area contributed by atoms with Crippen molar-refractivity contribution in [2.75, 3.05) is 68.1 Å². The number of amides is 4. The monoisotopic (exact) mass is 903 g/mol. The smallest absolute Gasteiger partial charge is 0.329 e. The van der Waals surface area contributed by atoms with Crippen LogP contribution in [0, 0.1) is 17.8 Å². The van der Waals surface area contributed by atoms with Crippen molar-refractivity contribution in [3.05, 3.63) is 48.0 Å². The second-order valence-corrected chi connectivity index (χ2v) is 17.5. The maximum Gasteiger partial charge on any atom is 0.329 e. The van der Waals surface area contributed by atoms with E-state index in [1.165, 1.54) is 14.2 Å². The number of carbonyl (C=O) groups excluding carboxylic acids is 5. The van der Waals surface area contributed by atoms with E-state index in [2.05, 4.69) is 17.2 Å². The Morgan fingerprint density at radius 1 is 0.891 bits per heavy atom. The summed E-state index contributed by atoms with van der Waals surface area (Å²) < 4.78 is 17.3. The summed E-state index contributed by atoms with van der Waals surface area (Å²) in [5.74, 6) is -5.19. The lowest BCUT2D eigenvalue weighted by atomic mass is 9.89. The van der Waals surface area contributed by atoms with Gasteiger partial charge < -0.3 is 44.9 Å². The number of nitrogens with zero attached hydrogens (tertiary/aromatic N) is 4. The number of carboxylic acids is 2. The van der Waals surface area contributed by atoms with Gasteiger partial charge in [0, 0.05) is 46.4 Å². The summed E-state index contributed by atoms with van der Waals surface area (Å²) in [7, 11) is 8.24. The predicted molar refractivity (Wildman–Crippen MR) is 240 cm³/mol. The fourth-order valence-corrected chi connectivity index (χ4v) is 8.47. The van der Waals surface area contributed by atoms with Gasteiger partial charge in [0.15, 0.2) is 0 Å². The summed E-state index contributed by atoms with van der Waals surface area (Å²) in [6, 6.07) is 5.24. The summed E-state index contributed by atoms with van der Waals surface area (Å²) in [5.41, 5.74) is 0.669. The number of aliphatic carboxylic acids is 2. The molecule has 1 aromatic rings. The van der Waals surface area contributed by atoms with Crippen LogP contribution in [0.2, 0.25) is 0 Å². The van der Waals surface area contributed by atoms with Gasteiger partial charge in [-0.15, -0.1) is 0 Å². The molecule has 0 bridgehead atoms. The maximum atomic E-state index is 14.3. The Bertz CT molecular complexity index is 1700. The molecule has 2 rings (SSSR count). The lowest BCUT2D eigenvalue weighted by Crippen LogP contribution is -2.59. The number of likely N-dealkylation sites (N-methyl/N-ethyl adjacent to an activating group) is 2. The number of methoxy groups -OCH3 is 2. The number of ether oxygens (including phenoxy) is 3. The molecule has 0 unspecified atom stereocenters. The molecule has 0 radical (unpaired) electrons. The van der Waals surface area contributed by atoms with Crippen molar-refractivity contribution in [3.63, 3.8) is 0 Å². The zero-order valence-electron chi connectivity index (χ0n) is 39.7. The van der Waals surface area contributed by atoms with E-state index < -0.39 is 79.3 Å². The Kier molecular flexibility index (Phi) is 23.1. The average Bonchev–Trinajstić information content (AvgIpc) is 3.71. The van der Waals surface area contributed by atoms with Gasteiger partial charge in [-0.05, 0) is 50.3 Å². The van der Waals surface area contributed by atoms with Gasteiger partial charge in [0.2, 0.25) is 23.6 Å². The van der Waals surface area contributed by atoms with E-state index in [1.807, 2.05) is 60.5 Å². The van der Waals surface area contributed by atoms with Gasteiger partial charge in [-0.2, -0.15) is 0 Å². The SMILES string of the molecule is C=C(C(=O)N[C@@H](Cc1ccccc1)C(=O)OCCN(CC(=O)O)CC(=O)O)[C@@H](OC)[C@@H]1CCCN1C(=O)C[C@@H](OC)[C@H]([C@@H](C)CC)N(C)C(=O)[C@@H](NC(=O)[C@H](C(C)C)N(C)C)C(C)C. The molecule has 0 saturated carbocycles. The molecule has 8 atom stereocenters. The van der Waals surface area contributed by atoms with Crippen molar-refractivity contribution in [1.29, 1.82) is 0 Å². The van der Waals surface area contributed by atoms with E-state index in [-0.39, 0.29) is 67.0 Å². The first-order valence-electron chi connectivity index (χ1n) is 22.0. The Morgan fingerprint density at radius 2 is 1.50 bits per heavy atom. The van der Waals surface area contributed by atoms with Crippen LogP contribution in [-0.4, -0.2) is 182 Å². The Balaban J connectivity index is 2.31. The highest BCUT2D eigenvalue weighted by molar-refractivity contribution is 5.97. The van der Waals surface area contributed by atoms with E-state index in [0.29, 0.717) is 31.4 Å². The minimum absolute atomic E-state index is 0.00201. The molecule has 1 aliphatic rings. The molecule has 4 amide bonds. The molecule has 0 spiro atoms. The highest BCUT2D eigenvalue weighted by atomic mass is 16.5. The van der Waals surface area contributed by atoms with Crippen LogP contribution in [0.1, 0.15) is 72.8 Å². The summed E-state index contributed by atoms with van der Waals surface area (Å²) in [5, 5.41) is 24.1. The summed E-state index contributed by atoms with van der Waals surface area (Å²) in [4.78, 5) is 98.2. The normalized spacial score (nSPS) is 17.3. The predicted octanol–water partition coefficient (Wildman–Crippen LogP) is 2.30. The van der Waals surface area contributed by atoms with Crippen LogP contribution in [0.4, 0.5) is 0 Å². The Morgan fingerprint density at radius 3 is 2.00 bits per heavy atom. The number of hydrogen-bond donors (Lipinski definition) is 4. The quantitative estimate of drug-likeness (QED) is 0.0700. The van der Waals surface area contributed by atoms with Gasteiger partial charge in [-0.3, -0.25) is 38.6 Å². The first-order chi connectivity index (χ1) is 30.1. The molecule has 1 saturated heterocycles. The fourth-order valence-electron chi connectivity index (χ4n) is 8.47. The lowest BCUT2D eigenvalue weighted by molar-refractivity contribution is -0.148. The Labute approximate surface area is 379 Å². The average molecular weight is 903 g/mol. The molecule has 1 aliphatic heterocycles. The first-order valence-corrected chi connectivity index (χ1v) is 22.0. The third kappa shape index (κ3) is 16.3. The van der Waals surface area contributed by atoms with Gasteiger partial charge in [-0.1, -0.05) is 84.9 Å². The third-order valence-corrected chi connectivity index (χ3v) is 11.9. The summed E-state index contributed by atoms with van der Waals surface area (Å²) in [6.45, 7) is 14.4. The number of esters is 1. The summed E-state index contributed by atoms with van der Waals surface area (Å²) in [6.07, 6.45) is 0.00619. The van der Waals surface area contributed by atoms with E-state index in [4.69, 9.17) is 24.4 Å². The van der Waals surface area contributed by atoms with Crippen LogP contribution < -0.4 is 10.6 Å². The molecule has 1 fully saturated rings. The maximum absolute atomic E-state index is 14.3. The third-order valence-electron chi connectivity index (χ3n) is 11.9. The van der Waals surface area contributed by atoms with E-state index >= 15 is 0 Å². The van der Waals surface area contributed by atoms with E-state index in [1.54, 1.807) is 47.2 Å². The minimum atomic E-state index is -1.25. The standard InChI is InChI=1S/C46H74N6O12/c1-13-30(6)41(50(10)45(60)39(28(2)3)48-44(59)40(29(4)5)49(8)9)35(62-11)25-36(53)52-21-17-20-34(52)42(63-12)31(7)43(58)47-33(24-32-18-15-14-16-19-32)46(61)64-23-22-51(26-37(54)55)27-38(56)57/h14-16,18-19,28-30,33-35,39-42H,7,13,17,20-27H2,1-6,8-12H3,(H,47,58)(H,48,59)(H,54,55)(H,56,57)/t30-,33-,34-,35+,39-,40-,41-,42+/m0/s1. The second-order valence-electron chi connectivity index (χ2n) is 17.5. The van der Waals surface area contributed by atoms with Crippen molar-refractivity contribution in [3.8, 4) is 0 Å². The van der Waals surface area contributed by atoms with Gasteiger partial charge in [0.1, 0.15) is 24.8 Å². The number of rotatable bonds is 28. The zero-order chi connectivity index (χ0) is 48.4. The molecule has 1 heterocycles. The number of nitrogens with one attached hydrogen (secondary N) is 2. The Hall–Kier alpha value is -4.91. The van der Waals surface area contributed by atoms with Crippen LogP contribution in [0.15, 0.2) is 42.5 Å². The first kappa shape index (κ1) is 55.2. The minimum Gasteiger partial charge on any atom is -0.480 e. The van der Waals surface area contributed by atoms with Crippen LogP contribution in [-0.2, 0) is 54.2 Å². The fraction of sp³-hybridized carbons (Fsp3) is 0.674. The van der Waals surface area contributed by atoms with Crippen molar-refractivity contribution in [2.24, 2.45) is 17.8 Å². The van der Waals surface area contributed by atoms with E-state index in [0.717, 1.165) is 4.90 Å². The number of hydrogen-bond acceptors (Lipinski definition) is 12. The van der Waals surface area contributed by atoms with Crippen LogP contribution >= 0.6 is 0 Å². The van der Waals surface area contributed by atoms with Crippen LogP contribution in [0.25, 0.3) is 0 Å². The number of carbonyl (C=O) groups is 7. The molecule has 360 valence electrons. The van der Waals surface area contributed by atoms with Crippen LogP contribution in [0.3, 0.4) is 0 Å². The molecule has 0 aromatic heterocycles. The molecule has 0 aliphatic carbocycles. The zero-order valence-corrected chi connectivity index (χ0v) is 39.7. The molecule has 4 N–H and O–H groups in total. The van der Waals surface area contributed by atoms with Crippen molar-refractivity contribution in [2.45, 2.75) is 116 Å². The number of likely N-dealkylation sites (tertiary alicyclic amines) is 1. The largest absolute Gasteiger partial charge is 0.480 e. The van der Waals surface area contributed by atoms with Gasteiger partial charge in [0.05, 0.1) is 43.7 Å². The van der Waals surface area contributed by atoms with Gasteiger partial charge in [0.25, 0.3) is 0 Å². The summed E-state index contributed by atoms with van der Waals surface area (Å²) >= 11 is 0. The molecule has 1 aromatic carbocycles. The molecule has 18 heteroatoms. The van der Waals surface area contributed by atoms with Crippen molar-refractivity contribution >= 4 is 41.5 Å². The van der Waals surface area contributed by atoms with Gasteiger partial charge in [-0.25, -0.2) is 4.79 Å². The van der Waals surface area contributed by atoms with Crippen LogP contribution in [0.5, 0.6) is 0 Å². The highest BCUT2D eigenvalue weighted by Gasteiger charge is 2.43. The molecule has 18 nitrogen and oxygen atoms in total. The van der Waals surface area contributed by atoms with Crippen molar-refractivity contribution in [1.82, 2.24) is 30.2 Å². The van der Waals surface area contributed by atoms with E-state index in [9.17, 15) is 33.6 Å². The number of benzene rings is 1. The molecule has 64 heavy (non-hydrogen) atoms. The second kappa shape index (κ2) is 26.8. The van der Waals surface area contributed by atoms with Gasteiger partial charge >= 0.3 is 17.9 Å². The molecular formula is C46H74N6O12. The molecular weight excluding hydrogens is 829 g/mol. The lowest BCUT2D eigenvalue weighted by Gasteiger charge is -2.41. The highest BCUT2D eigenvalue weighted by Crippen LogP contribution is 2.29. The number of carboxylic acid groups (broad SMARTS) is 2.